The van der Waals surface area contributed by atoms with Gasteiger partial charge < -0.3 is 10.2 Å². The van der Waals surface area contributed by atoms with E-state index in [0.29, 0.717) is 0 Å². The maximum Gasteiger partial charge on any atom is 0.0204 e. The summed E-state index contributed by atoms with van der Waals surface area (Å²) < 4.78 is 0. The molecular formula is C13H26N2. The van der Waals surface area contributed by atoms with Gasteiger partial charge in [0.2, 0.25) is 0 Å². The Labute approximate surface area is 94.4 Å². The zero-order valence-electron chi connectivity index (χ0n) is 10.2. The fourth-order valence-corrected chi connectivity index (χ4v) is 3.11. The molecule has 88 valence electrons. The Morgan fingerprint density at radius 3 is 2.60 bits per heavy atom. The summed E-state index contributed by atoms with van der Waals surface area (Å²) in [5, 5.41) is 3.39. The average Bonchev–Trinajstić information content (AvgIpc) is 2.76. The van der Waals surface area contributed by atoms with Crippen LogP contribution in [0.2, 0.25) is 0 Å². The van der Waals surface area contributed by atoms with Crippen molar-refractivity contribution in [2.24, 2.45) is 5.92 Å². The molecule has 1 aliphatic heterocycles. The molecule has 0 aromatic carbocycles. The van der Waals surface area contributed by atoms with Crippen LogP contribution < -0.4 is 5.32 Å². The van der Waals surface area contributed by atoms with Crippen LogP contribution in [0, 0.1) is 5.92 Å². The minimum atomic E-state index is 0.761. The Kier molecular flexibility index (Phi) is 4.45. The van der Waals surface area contributed by atoms with E-state index in [2.05, 4.69) is 17.3 Å². The first-order chi connectivity index (χ1) is 7.38. The molecule has 0 spiro atoms. The maximum absolute atomic E-state index is 3.39. The summed E-state index contributed by atoms with van der Waals surface area (Å²) in [7, 11) is 2.09. The molecule has 1 heterocycles. The standard InChI is InChI=1S/C13H26N2/c1-14-13-8-10-15(11-13)9-7-12-5-3-2-4-6-12/h12-14H,2-11H2,1H3. The van der Waals surface area contributed by atoms with Gasteiger partial charge in [-0.2, -0.15) is 0 Å². The molecule has 2 fully saturated rings. The number of likely N-dealkylation sites (tertiary alicyclic amines) is 1. The van der Waals surface area contributed by atoms with Gasteiger partial charge in [0.1, 0.15) is 0 Å². The van der Waals surface area contributed by atoms with Gasteiger partial charge in [-0.15, -0.1) is 0 Å². The van der Waals surface area contributed by atoms with Crippen LogP contribution in [0.4, 0.5) is 0 Å². The highest BCUT2D eigenvalue weighted by molar-refractivity contribution is 4.80. The molecule has 1 saturated carbocycles. The summed E-state index contributed by atoms with van der Waals surface area (Å²) in [5.74, 6) is 1.05. The lowest BCUT2D eigenvalue weighted by molar-refractivity contribution is 0.262. The molecule has 15 heavy (non-hydrogen) atoms. The van der Waals surface area contributed by atoms with E-state index < -0.39 is 0 Å². The Hall–Kier alpha value is -0.0800. The first-order valence-corrected chi connectivity index (χ1v) is 6.78. The molecule has 0 amide bonds. The van der Waals surface area contributed by atoms with Crippen molar-refractivity contribution in [2.45, 2.75) is 51.0 Å². The molecule has 2 heteroatoms. The van der Waals surface area contributed by atoms with Crippen molar-refractivity contribution in [3.05, 3.63) is 0 Å². The molecule has 0 bridgehead atoms. The third-order valence-corrected chi connectivity index (χ3v) is 4.26. The second kappa shape index (κ2) is 5.86. The minimum absolute atomic E-state index is 0.761. The van der Waals surface area contributed by atoms with Gasteiger partial charge >= 0.3 is 0 Å². The van der Waals surface area contributed by atoms with Gasteiger partial charge in [-0.05, 0) is 38.9 Å². The molecule has 0 radical (unpaired) electrons. The van der Waals surface area contributed by atoms with E-state index in [9.17, 15) is 0 Å². The van der Waals surface area contributed by atoms with Crippen LogP contribution in [0.3, 0.4) is 0 Å². The lowest BCUT2D eigenvalue weighted by Gasteiger charge is -2.24. The third kappa shape index (κ3) is 3.46. The van der Waals surface area contributed by atoms with Gasteiger partial charge in [0.15, 0.2) is 0 Å². The van der Waals surface area contributed by atoms with Gasteiger partial charge in [-0.1, -0.05) is 32.1 Å². The molecule has 2 nitrogen and oxygen atoms in total. The molecular weight excluding hydrogens is 184 g/mol. The quantitative estimate of drug-likeness (QED) is 0.765. The van der Waals surface area contributed by atoms with Gasteiger partial charge in [0.25, 0.3) is 0 Å². The molecule has 1 N–H and O–H groups in total. The predicted molar refractivity (Wildman–Crippen MR) is 65.1 cm³/mol. The van der Waals surface area contributed by atoms with E-state index in [-0.39, 0.29) is 0 Å². The van der Waals surface area contributed by atoms with E-state index >= 15 is 0 Å². The molecule has 2 rings (SSSR count). The zero-order valence-corrected chi connectivity index (χ0v) is 10.2. The summed E-state index contributed by atoms with van der Waals surface area (Å²) in [6, 6.07) is 0.761. The number of rotatable bonds is 4. The van der Waals surface area contributed by atoms with E-state index in [1.165, 1.54) is 64.6 Å². The highest BCUT2D eigenvalue weighted by atomic mass is 15.2. The van der Waals surface area contributed by atoms with Crippen molar-refractivity contribution in [2.75, 3.05) is 26.7 Å². The number of hydrogen-bond acceptors (Lipinski definition) is 2. The third-order valence-electron chi connectivity index (χ3n) is 4.26. The molecule has 1 unspecified atom stereocenters. The van der Waals surface area contributed by atoms with Crippen LogP contribution in [0.1, 0.15) is 44.9 Å². The van der Waals surface area contributed by atoms with Crippen LogP contribution in [0.15, 0.2) is 0 Å². The normalized spacial score (nSPS) is 29.8. The Balaban J connectivity index is 1.61. The largest absolute Gasteiger partial charge is 0.316 e. The first kappa shape index (κ1) is 11.4. The van der Waals surface area contributed by atoms with Crippen LogP contribution in [-0.4, -0.2) is 37.6 Å². The monoisotopic (exact) mass is 210 g/mol. The molecule has 2 aliphatic rings. The minimum Gasteiger partial charge on any atom is -0.316 e. The van der Waals surface area contributed by atoms with E-state index in [4.69, 9.17) is 0 Å². The average molecular weight is 210 g/mol. The number of nitrogens with one attached hydrogen (secondary N) is 1. The molecule has 1 saturated heterocycles. The van der Waals surface area contributed by atoms with E-state index in [0.717, 1.165) is 12.0 Å². The molecule has 0 aromatic rings. The van der Waals surface area contributed by atoms with Crippen molar-refractivity contribution in [1.82, 2.24) is 10.2 Å². The highest BCUT2D eigenvalue weighted by Crippen LogP contribution is 2.26. The van der Waals surface area contributed by atoms with Crippen molar-refractivity contribution in [1.29, 1.82) is 0 Å². The lowest BCUT2D eigenvalue weighted by atomic mass is 9.87. The van der Waals surface area contributed by atoms with Crippen molar-refractivity contribution >= 4 is 0 Å². The summed E-state index contributed by atoms with van der Waals surface area (Å²) in [5.41, 5.74) is 0. The smallest absolute Gasteiger partial charge is 0.0204 e. The van der Waals surface area contributed by atoms with Gasteiger partial charge in [-0.25, -0.2) is 0 Å². The Morgan fingerprint density at radius 1 is 1.13 bits per heavy atom. The second-order valence-corrected chi connectivity index (χ2v) is 5.37. The summed E-state index contributed by atoms with van der Waals surface area (Å²) in [6.07, 6.45) is 10.3. The fourth-order valence-electron chi connectivity index (χ4n) is 3.11. The van der Waals surface area contributed by atoms with Crippen LogP contribution in [0.5, 0.6) is 0 Å². The topological polar surface area (TPSA) is 15.3 Å². The van der Waals surface area contributed by atoms with Gasteiger partial charge in [0, 0.05) is 12.6 Å². The maximum atomic E-state index is 3.39. The summed E-state index contributed by atoms with van der Waals surface area (Å²) in [6.45, 7) is 3.95. The Bertz CT molecular complexity index is 175. The summed E-state index contributed by atoms with van der Waals surface area (Å²) in [4.78, 5) is 2.65. The molecule has 0 aromatic heterocycles. The fraction of sp³-hybridized carbons (Fsp3) is 1.00. The SMILES string of the molecule is CNC1CCN(CCC2CCCCC2)C1. The van der Waals surface area contributed by atoms with Crippen molar-refractivity contribution in [3.8, 4) is 0 Å². The van der Waals surface area contributed by atoms with Crippen molar-refractivity contribution < 1.29 is 0 Å². The van der Waals surface area contributed by atoms with E-state index in [1.54, 1.807) is 0 Å². The van der Waals surface area contributed by atoms with Crippen LogP contribution in [-0.2, 0) is 0 Å². The summed E-state index contributed by atoms with van der Waals surface area (Å²) >= 11 is 0. The number of hydrogen-bond donors (Lipinski definition) is 1. The molecule has 1 atom stereocenters. The predicted octanol–water partition coefficient (Wildman–Crippen LogP) is 2.25. The first-order valence-electron chi connectivity index (χ1n) is 6.78. The Morgan fingerprint density at radius 2 is 1.93 bits per heavy atom. The second-order valence-electron chi connectivity index (χ2n) is 5.37. The number of likely N-dealkylation sites (N-methyl/N-ethyl adjacent to an activating group) is 1. The lowest BCUT2D eigenvalue weighted by Crippen LogP contribution is -2.30. The van der Waals surface area contributed by atoms with Crippen LogP contribution >= 0.6 is 0 Å². The van der Waals surface area contributed by atoms with E-state index in [1.807, 2.05) is 0 Å². The van der Waals surface area contributed by atoms with Crippen molar-refractivity contribution in [3.63, 3.8) is 0 Å². The molecule has 1 aliphatic carbocycles. The van der Waals surface area contributed by atoms with Gasteiger partial charge in [-0.3, -0.25) is 0 Å². The number of nitrogens with zero attached hydrogens (tertiary/aromatic N) is 1. The van der Waals surface area contributed by atoms with Gasteiger partial charge in [0.05, 0.1) is 0 Å². The zero-order chi connectivity index (χ0) is 10.5. The highest BCUT2D eigenvalue weighted by Gasteiger charge is 2.21. The van der Waals surface area contributed by atoms with Crippen LogP contribution in [0.25, 0.3) is 0 Å².